The number of anilines is 1. The summed E-state index contributed by atoms with van der Waals surface area (Å²) in [5.74, 6) is -0.603. The molecular formula is C21H20N4O4. The van der Waals surface area contributed by atoms with E-state index >= 15 is 0 Å². The van der Waals surface area contributed by atoms with Crippen LogP contribution < -0.4 is 4.90 Å². The molecule has 0 unspecified atom stereocenters. The Morgan fingerprint density at radius 1 is 1.14 bits per heavy atom. The summed E-state index contributed by atoms with van der Waals surface area (Å²) in [4.78, 5) is 25.4. The van der Waals surface area contributed by atoms with E-state index in [2.05, 4.69) is 5.10 Å². The van der Waals surface area contributed by atoms with Gasteiger partial charge in [-0.25, -0.2) is 9.48 Å². The molecule has 1 aliphatic rings. The van der Waals surface area contributed by atoms with Crippen LogP contribution in [-0.2, 0) is 11.3 Å². The molecule has 0 aliphatic carbocycles. The number of nitro benzene ring substituents is 1. The van der Waals surface area contributed by atoms with Gasteiger partial charge in [0, 0.05) is 30.9 Å². The van der Waals surface area contributed by atoms with E-state index in [9.17, 15) is 14.9 Å². The van der Waals surface area contributed by atoms with Gasteiger partial charge in [0.1, 0.15) is 12.3 Å². The minimum Gasteiger partial charge on any atom is -0.457 e. The fourth-order valence-electron chi connectivity index (χ4n) is 3.41. The van der Waals surface area contributed by atoms with Crippen LogP contribution in [-0.4, -0.2) is 33.8 Å². The Bertz CT molecular complexity index is 1030. The monoisotopic (exact) mass is 392 g/mol. The topological polar surface area (TPSA) is 90.5 Å². The van der Waals surface area contributed by atoms with Crippen molar-refractivity contribution in [3.63, 3.8) is 0 Å². The second-order valence-electron chi connectivity index (χ2n) is 6.86. The summed E-state index contributed by atoms with van der Waals surface area (Å²) in [5.41, 5.74) is 2.27. The summed E-state index contributed by atoms with van der Waals surface area (Å²) in [6.07, 6.45) is 5.43. The second kappa shape index (κ2) is 8.14. The van der Waals surface area contributed by atoms with Gasteiger partial charge < -0.3 is 9.64 Å². The van der Waals surface area contributed by atoms with E-state index < -0.39 is 10.9 Å². The molecule has 4 rings (SSSR count). The molecule has 29 heavy (non-hydrogen) atoms. The Morgan fingerprint density at radius 3 is 2.62 bits per heavy atom. The van der Waals surface area contributed by atoms with Crippen LogP contribution in [0.3, 0.4) is 0 Å². The first-order valence-corrected chi connectivity index (χ1v) is 9.41. The Hall–Kier alpha value is -3.68. The molecule has 8 heteroatoms. The molecule has 0 spiro atoms. The fraction of sp³-hybridized carbons (Fsp3) is 0.238. The van der Waals surface area contributed by atoms with E-state index in [1.807, 2.05) is 35.2 Å². The lowest BCUT2D eigenvalue weighted by Gasteiger charge is -2.17. The number of para-hydroxylation sites is 1. The van der Waals surface area contributed by atoms with Gasteiger partial charge in [-0.3, -0.25) is 10.1 Å². The van der Waals surface area contributed by atoms with Crippen molar-refractivity contribution in [2.45, 2.75) is 19.4 Å². The molecule has 0 saturated carbocycles. The summed E-state index contributed by atoms with van der Waals surface area (Å²) >= 11 is 0. The van der Waals surface area contributed by atoms with Crippen molar-refractivity contribution in [3.05, 3.63) is 82.2 Å². The molecule has 8 nitrogen and oxygen atoms in total. The molecule has 1 saturated heterocycles. The highest BCUT2D eigenvalue weighted by Gasteiger charge is 2.24. The van der Waals surface area contributed by atoms with Crippen LogP contribution in [0.15, 0.2) is 60.9 Å². The SMILES string of the molecule is O=C(OCc1cnn(-c2ccccc2)c1)c1ccc(N2CCCC2)c([N+](=O)[O-])c1. The highest BCUT2D eigenvalue weighted by atomic mass is 16.6. The number of aromatic nitrogens is 2. The molecule has 2 heterocycles. The molecule has 0 radical (unpaired) electrons. The number of esters is 1. The van der Waals surface area contributed by atoms with Crippen LogP contribution in [0.5, 0.6) is 0 Å². The number of benzene rings is 2. The van der Waals surface area contributed by atoms with E-state index in [4.69, 9.17) is 4.74 Å². The number of rotatable bonds is 6. The lowest BCUT2D eigenvalue weighted by molar-refractivity contribution is -0.384. The quantitative estimate of drug-likeness (QED) is 0.361. The zero-order valence-corrected chi connectivity index (χ0v) is 15.7. The van der Waals surface area contributed by atoms with Crippen molar-refractivity contribution < 1.29 is 14.5 Å². The van der Waals surface area contributed by atoms with Crippen molar-refractivity contribution >= 4 is 17.3 Å². The van der Waals surface area contributed by atoms with E-state index in [-0.39, 0.29) is 17.9 Å². The predicted molar refractivity (Wildman–Crippen MR) is 107 cm³/mol. The Balaban J connectivity index is 1.45. The molecule has 0 N–H and O–H groups in total. The highest BCUT2D eigenvalue weighted by molar-refractivity contribution is 5.91. The second-order valence-corrected chi connectivity index (χ2v) is 6.86. The van der Waals surface area contributed by atoms with Gasteiger partial charge >= 0.3 is 5.97 Å². The number of ether oxygens (including phenoxy) is 1. The highest BCUT2D eigenvalue weighted by Crippen LogP contribution is 2.31. The van der Waals surface area contributed by atoms with Crippen molar-refractivity contribution in [3.8, 4) is 5.69 Å². The first-order valence-electron chi connectivity index (χ1n) is 9.41. The standard InChI is InChI=1S/C21H20N4O4/c26-21(29-15-16-13-22-24(14-16)18-6-2-1-3-7-18)17-8-9-19(20(12-17)25(27)28)23-10-4-5-11-23/h1-3,6-9,12-14H,4-5,10-11,15H2. The van der Waals surface area contributed by atoms with Gasteiger partial charge in [0.15, 0.2) is 0 Å². The van der Waals surface area contributed by atoms with Gasteiger partial charge in [0.25, 0.3) is 5.69 Å². The fourth-order valence-corrected chi connectivity index (χ4v) is 3.41. The minimum atomic E-state index is -0.603. The maximum atomic E-state index is 12.4. The van der Waals surface area contributed by atoms with Gasteiger partial charge in [-0.05, 0) is 37.1 Å². The summed E-state index contributed by atoms with van der Waals surface area (Å²) in [6.45, 7) is 1.61. The van der Waals surface area contributed by atoms with Gasteiger partial charge in [0.05, 0.1) is 22.4 Å². The lowest BCUT2D eigenvalue weighted by Crippen LogP contribution is -2.19. The van der Waals surface area contributed by atoms with Crippen LogP contribution in [0.25, 0.3) is 5.69 Å². The number of nitrogens with zero attached hydrogens (tertiary/aromatic N) is 4. The average molecular weight is 392 g/mol. The van der Waals surface area contributed by atoms with Gasteiger partial charge in [-0.15, -0.1) is 0 Å². The summed E-state index contributed by atoms with van der Waals surface area (Å²) in [5, 5.41) is 15.7. The average Bonchev–Trinajstić information content (AvgIpc) is 3.44. The zero-order valence-electron chi connectivity index (χ0n) is 15.7. The van der Waals surface area contributed by atoms with E-state index in [1.165, 1.54) is 6.07 Å². The lowest BCUT2D eigenvalue weighted by atomic mass is 10.1. The first-order chi connectivity index (χ1) is 14.1. The van der Waals surface area contributed by atoms with Crippen LogP contribution in [0.4, 0.5) is 11.4 Å². The van der Waals surface area contributed by atoms with Crippen LogP contribution in [0, 0.1) is 10.1 Å². The number of hydrogen-bond donors (Lipinski definition) is 0. The van der Waals surface area contributed by atoms with Crippen LogP contribution in [0.1, 0.15) is 28.8 Å². The van der Waals surface area contributed by atoms with Gasteiger partial charge in [-0.1, -0.05) is 18.2 Å². The van der Waals surface area contributed by atoms with Crippen molar-refractivity contribution in [2.75, 3.05) is 18.0 Å². The molecule has 1 fully saturated rings. The minimum absolute atomic E-state index is 0.0351. The maximum absolute atomic E-state index is 12.4. The number of carbonyl (C=O) groups is 1. The van der Waals surface area contributed by atoms with Crippen LogP contribution in [0.2, 0.25) is 0 Å². The molecule has 0 amide bonds. The largest absolute Gasteiger partial charge is 0.457 e. The maximum Gasteiger partial charge on any atom is 0.338 e. The molecule has 3 aromatic rings. The van der Waals surface area contributed by atoms with Crippen molar-refractivity contribution in [2.24, 2.45) is 0 Å². The summed E-state index contributed by atoms with van der Waals surface area (Å²) < 4.78 is 7.03. The molecular weight excluding hydrogens is 372 g/mol. The molecule has 1 aliphatic heterocycles. The smallest absolute Gasteiger partial charge is 0.338 e. The van der Waals surface area contributed by atoms with Gasteiger partial charge in [-0.2, -0.15) is 5.10 Å². The van der Waals surface area contributed by atoms with Crippen molar-refractivity contribution in [1.29, 1.82) is 0 Å². The molecule has 1 aromatic heterocycles. The first kappa shape index (κ1) is 18.7. The Morgan fingerprint density at radius 2 is 1.90 bits per heavy atom. The third-order valence-corrected chi connectivity index (χ3v) is 4.88. The third kappa shape index (κ3) is 4.11. The third-order valence-electron chi connectivity index (χ3n) is 4.88. The molecule has 0 bridgehead atoms. The molecule has 2 aromatic carbocycles. The van der Waals surface area contributed by atoms with Crippen molar-refractivity contribution in [1.82, 2.24) is 9.78 Å². The molecule has 0 atom stereocenters. The molecule has 148 valence electrons. The van der Waals surface area contributed by atoms with E-state index in [1.54, 1.807) is 29.2 Å². The summed E-state index contributed by atoms with van der Waals surface area (Å²) in [6, 6.07) is 14.1. The Kier molecular flexibility index (Phi) is 5.24. The van der Waals surface area contributed by atoms with E-state index in [0.717, 1.165) is 37.2 Å². The number of hydrogen-bond acceptors (Lipinski definition) is 6. The predicted octanol–water partition coefficient (Wildman–Crippen LogP) is 3.74. The number of nitro groups is 1. The Labute approximate surface area is 167 Å². The zero-order chi connectivity index (χ0) is 20.2. The normalized spacial score (nSPS) is 13.4. The number of carbonyl (C=O) groups excluding carboxylic acids is 1. The summed E-state index contributed by atoms with van der Waals surface area (Å²) in [7, 11) is 0. The van der Waals surface area contributed by atoms with Gasteiger partial charge in [0.2, 0.25) is 0 Å². The van der Waals surface area contributed by atoms with Crippen LogP contribution >= 0.6 is 0 Å². The van der Waals surface area contributed by atoms with E-state index in [0.29, 0.717) is 5.69 Å².